The molecule has 1 aliphatic rings. The quantitative estimate of drug-likeness (QED) is 0.466. The highest BCUT2D eigenvalue weighted by molar-refractivity contribution is 7.10. The molecule has 0 radical (unpaired) electrons. The van der Waals surface area contributed by atoms with Gasteiger partial charge in [-0.2, -0.15) is 0 Å². The number of halogens is 2. The van der Waals surface area contributed by atoms with E-state index in [4.69, 9.17) is 11.6 Å². The standard InChI is InChI=1S/C25H24ClFN2O2S/c26-20-12-4-6-14-22(20)29(23(30)16-18-10-7-15-32-18)24(19-11-3-5-13-21(19)27)25(31)28-17-8-1-2-9-17/h3-7,10-15,17,24H,1-2,8-9,16H2,(H,28,31)/t24-/m0/s1. The highest BCUT2D eigenvalue weighted by Crippen LogP contribution is 2.35. The van der Waals surface area contributed by atoms with E-state index < -0.39 is 17.8 Å². The van der Waals surface area contributed by atoms with Crippen molar-refractivity contribution in [1.29, 1.82) is 0 Å². The van der Waals surface area contributed by atoms with Crippen LogP contribution in [-0.2, 0) is 16.0 Å². The molecule has 2 amide bonds. The Hall–Kier alpha value is -2.70. The van der Waals surface area contributed by atoms with Crippen LogP contribution in [-0.4, -0.2) is 17.9 Å². The van der Waals surface area contributed by atoms with E-state index in [1.807, 2.05) is 17.5 Å². The SMILES string of the molecule is O=C(NC1CCCC1)[C@H](c1ccccc1F)N(C(=O)Cc1cccs1)c1ccccc1Cl. The van der Waals surface area contributed by atoms with Crippen LogP contribution in [0.5, 0.6) is 0 Å². The van der Waals surface area contributed by atoms with E-state index in [9.17, 15) is 14.0 Å². The van der Waals surface area contributed by atoms with Crippen molar-refractivity contribution in [3.63, 3.8) is 0 Å². The summed E-state index contributed by atoms with van der Waals surface area (Å²) < 4.78 is 15.0. The Labute approximate surface area is 196 Å². The Bertz CT molecular complexity index is 1080. The number of para-hydroxylation sites is 1. The van der Waals surface area contributed by atoms with Crippen LogP contribution < -0.4 is 10.2 Å². The molecule has 2 aromatic carbocycles. The summed E-state index contributed by atoms with van der Waals surface area (Å²) >= 11 is 7.93. The topological polar surface area (TPSA) is 49.4 Å². The zero-order chi connectivity index (χ0) is 22.5. The molecule has 1 saturated carbocycles. The first-order chi connectivity index (χ1) is 15.5. The summed E-state index contributed by atoms with van der Waals surface area (Å²) in [4.78, 5) is 29.4. The minimum absolute atomic E-state index is 0.0252. The van der Waals surface area contributed by atoms with Gasteiger partial charge in [0.25, 0.3) is 0 Å². The van der Waals surface area contributed by atoms with Crippen molar-refractivity contribution in [2.45, 2.75) is 44.2 Å². The van der Waals surface area contributed by atoms with Crippen molar-refractivity contribution in [2.24, 2.45) is 0 Å². The van der Waals surface area contributed by atoms with Crippen molar-refractivity contribution in [3.05, 3.63) is 87.3 Å². The van der Waals surface area contributed by atoms with Crippen molar-refractivity contribution < 1.29 is 14.0 Å². The summed E-state index contributed by atoms with van der Waals surface area (Å²) in [5, 5.41) is 5.26. The Kier molecular flexibility index (Phi) is 7.22. The van der Waals surface area contributed by atoms with E-state index >= 15 is 0 Å². The summed E-state index contributed by atoms with van der Waals surface area (Å²) in [6, 6.07) is 15.5. The summed E-state index contributed by atoms with van der Waals surface area (Å²) in [6.07, 6.45) is 3.93. The highest BCUT2D eigenvalue weighted by Gasteiger charge is 2.36. The van der Waals surface area contributed by atoms with Gasteiger partial charge in [0.05, 0.1) is 17.1 Å². The number of hydrogen-bond donors (Lipinski definition) is 1. The predicted molar refractivity (Wildman–Crippen MR) is 127 cm³/mol. The molecule has 0 unspecified atom stereocenters. The van der Waals surface area contributed by atoms with Crippen LogP contribution in [0.3, 0.4) is 0 Å². The molecule has 1 aromatic heterocycles. The van der Waals surface area contributed by atoms with E-state index in [0.29, 0.717) is 10.7 Å². The fourth-order valence-electron chi connectivity index (χ4n) is 4.16. The van der Waals surface area contributed by atoms with E-state index in [0.717, 1.165) is 30.6 Å². The average molecular weight is 471 g/mol. The summed E-state index contributed by atoms with van der Waals surface area (Å²) in [6.45, 7) is 0. The van der Waals surface area contributed by atoms with E-state index in [1.54, 1.807) is 42.5 Å². The summed E-state index contributed by atoms with van der Waals surface area (Å²) in [5.41, 5.74) is 0.521. The summed E-state index contributed by atoms with van der Waals surface area (Å²) in [7, 11) is 0. The highest BCUT2D eigenvalue weighted by atomic mass is 35.5. The van der Waals surface area contributed by atoms with Gasteiger partial charge < -0.3 is 5.32 Å². The second kappa shape index (κ2) is 10.3. The molecule has 0 bridgehead atoms. The molecule has 0 aliphatic heterocycles. The Balaban J connectivity index is 1.79. The van der Waals surface area contributed by atoms with Gasteiger partial charge in [0, 0.05) is 16.5 Å². The van der Waals surface area contributed by atoms with Crippen LogP contribution in [0.1, 0.15) is 42.2 Å². The van der Waals surface area contributed by atoms with Crippen LogP contribution in [0.2, 0.25) is 5.02 Å². The monoisotopic (exact) mass is 470 g/mol. The van der Waals surface area contributed by atoms with Crippen LogP contribution in [0.4, 0.5) is 10.1 Å². The van der Waals surface area contributed by atoms with Gasteiger partial charge in [0.2, 0.25) is 11.8 Å². The largest absolute Gasteiger partial charge is 0.351 e. The molecule has 7 heteroatoms. The third kappa shape index (κ3) is 5.03. The van der Waals surface area contributed by atoms with E-state index in [2.05, 4.69) is 5.32 Å². The second-order valence-electron chi connectivity index (χ2n) is 7.89. The number of amides is 2. The van der Waals surface area contributed by atoms with Crippen LogP contribution in [0.15, 0.2) is 66.0 Å². The molecule has 1 fully saturated rings. The van der Waals surface area contributed by atoms with Gasteiger partial charge >= 0.3 is 0 Å². The van der Waals surface area contributed by atoms with Gasteiger partial charge in [-0.25, -0.2) is 4.39 Å². The van der Waals surface area contributed by atoms with Crippen molar-refractivity contribution >= 4 is 40.4 Å². The lowest BCUT2D eigenvalue weighted by Gasteiger charge is -2.33. The molecule has 3 aromatic rings. The van der Waals surface area contributed by atoms with Gasteiger partial charge in [-0.15, -0.1) is 11.3 Å². The van der Waals surface area contributed by atoms with E-state index in [1.165, 1.54) is 22.3 Å². The number of thiophene rings is 1. The average Bonchev–Trinajstić information content (AvgIpc) is 3.48. The molecule has 0 spiro atoms. The van der Waals surface area contributed by atoms with Crippen LogP contribution >= 0.6 is 22.9 Å². The Morgan fingerprint density at radius 2 is 1.78 bits per heavy atom. The van der Waals surface area contributed by atoms with Gasteiger partial charge in [-0.1, -0.05) is 60.8 Å². The predicted octanol–water partition coefficient (Wildman–Crippen LogP) is 5.92. The Morgan fingerprint density at radius 1 is 1.06 bits per heavy atom. The van der Waals surface area contributed by atoms with Crippen molar-refractivity contribution in [3.8, 4) is 0 Å². The fraction of sp³-hybridized carbons (Fsp3) is 0.280. The molecule has 4 nitrogen and oxygen atoms in total. The molecule has 1 atom stereocenters. The lowest BCUT2D eigenvalue weighted by atomic mass is 10.0. The maximum Gasteiger partial charge on any atom is 0.248 e. The van der Waals surface area contributed by atoms with Crippen molar-refractivity contribution in [1.82, 2.24) is 5.32 Å². The minimum atomic E-state index is -1.18. The van der Waals surface area contributed by atoms with Gasteiger partial charge in [-0.05, 0) is 42.5 Å². The van der Waals surface area contributed by atoms with Gasteiger partial charge in [-0.3, -0.25) is 14.5 Å². The number of carbonyl (C=O) groups excluding carboxylic acids is 2. The third-order valence-corrected chi connectivity index (χ3v) is 6.89. The third-order valence-electron chi connectivity index (χ3n) is 5.69. The fourth-order valence-corrected chi connectivity index (χ4v) is 5.08. The maximum absolute atomic E-state index is 15.0. The molecular weight excluding hydrogens is 447 g/mol. The summed E-state index contributed by atoms with van der Waals surface area (Å²) in [5.74, 6) is -1.27. The number of nitrogens with zero attached hydrogens (tertiary/aromatic N) is 1. The number of anilines is 1. The number of carbonyl (C=O) groups is 2. The first kappa shape index (κ1) is 22.5. The number of hydrogen-bond acceptors (Lipinski definition) is 3. The molecule has 166 valence electrons. The first-order valence-electron chi connectivity index (χ1n) is 10.7. The van der Waals surface area contributed by atoms with Crippen molar-refractivity contribution in [2.75, 3.05) is 4.90 Å². The normalized spacial score (nSPS) is 14.8. The van der Waals surface area contributed by atoms with Crippen LogP contribution in [0, 0.1) is 5.82 Å². The minimum Gasteiger partial charge on any atom is -0.351 e. The zero-order valence-corrected chi connectivity index (χ0v) is 19.0. The van der Waals surface area contributed by atoms with E-state index in [-0.39, 0.29) is 23.9 Å². The lowest BCUT2D eigenvalue weighted by molar-refractivity contribution is -0.127. The Morgan fingerprint density at radius 3 is 2.47 bits per heavy atom. The zero-order valence-electron chi connectivity index (χ0n) is 17.5. The molecule has 1 aliphatic carbocycles. The molecule has 0 saturated heterocycles. The number of nitrogens with one attached hydrogen (secondary N) is 1. The molecule has 32 heavy (non-hydrogen) atoms. The van der Waals surface area contributed by atoms with Crippen LogP contribution in [0.25, 0.3) is 0 Å². The maximum atomic E-state index is 15.0. The lowest BCUT2D eigenvalue weighted by Crippen LogP contribution is -2.47. The molecule has 1 N–H and O–H groups in total. The molecule has 1 heterocycles. The molecular formula is C25H24ClFN2O2S. The number of rotatable bonds is 7. The smallest absolute Gasteiger partial charge is 0.248 e. The number of benzene rings is 2. The first-order valence-corrected chi connectivity index (χ1v) is 11.9. The molecule has 4 rings (SSSR count). The van der Waals surface area contributed by atoms with Gasteiger partial charge in [0.15, 0.2) is 0 Å². The second-order valence-corrected chi connectivity index (χ2v) is 9.32. The van der Waals surface area contributed by atoms with Gasteiger partial charge in [0.1, 0.15) is 11.9 Å².